The summed E-state index contributed by atoms with van der Waals surface area (Å²) >= 11 is 0. The van der Waals surface area contributed by atoms with Crippen molar-refractivity contribution >= 4 is 0 Å². The summed E-state index contributed by atoms with van der Waals surface area (Å²) < 4.78 is 0. The Kier molecular flexibility index (Phi) is 6.11. The molecule has 2 rings (SSSR count). The Bertz CT molecular complexity index is 256. The molecular weight excluding hydrogens is 234 g/mol. The number of likely N-dealkylation sites (tertiary alicyclic amines) is 1. The minimum absolute atomic E-state index is 0.705. The first-order chi connectivity index (χ1) is 9.22. The van der Waals surface area contributed by atoms with E-state index < -0.39 is 0 Å². The maximum atomic E-state index is 3.76. The topological polar surface area (TPSA) is 18.5 Å². The Morgan fingerprint density at radius 3 is 2.68 bits per heavy atom. The first-order valence-electron chi connectivity index (χ1n) is 8.41. The van der Waals surface area contributed by atoms with Gasteiger partial charge in [-0.1, -0.05) is 27.2 Å². The van der Waals surface area contributed by atoms with Crippen molar-refractivity contribution in [2.24, 2.45) is 11.8 Å². The van der Waals surface area contributed by atoms with Crippen LogP contribution in [0.4, 0.5) is 0 Å². The third-order valence-electron chi connectivity index (χ3n) is 5.18. The van der Waals surface area contributed by atoms with Gasteiger partial charge in [-0.25, -0.2) is 0 Å². The van der Waals surface area contributed by atoms with Crippen molar-refractivity contribution in [1.82, 2.24) is 15.1 Å². The Hall–Kier alpha value is -0.120. The van der Waals surface area contributed by atoms with Gasteiger partial charge in [0.25, 0.3) is 0 Å². The van der Waals surface area contributed by atoms with Crippen molar-refractivity contribution in [3.63, 3.8) is 0 Å². The van der Waals surface area contributed by atoms with Crippen LogP contribution in [0.15, 0.2) is 0 Å². The van der Waals surface area contributed by atoms with Crippen molar-refractivity contribution in [2.45, 2.75) is 46.1 Å². The minimum Gasteiger partial charge on any atom is -0.312 e. The summed E-state index contributed by atoms with van der Waals surface area (Å²) in [6, 6.07) is 0.705. The molecule has 0 radical (unpaired) electrons. The SMILES string of the molecule is CCC(C)C1CN(CC2CCN(CC)C2)CCCN1. The lowest BCUT2D eigenvalue weighted by atomic mass is 9.98. The van der Waals surface area contributed by atoms with Crippen molar-refractivity contribution in [3.8, 4) is 0 Å². The van der Waals surface area contributed by atoms with E-state index in [4.69, 9.17) is 0 Å². The lowest BCUT2D eigenvalue weighted by Gasteiger charge is -2.29. The second-order valence-electron chi connectivity index (χ2n) is 6.61. The van der Waals surface area contributed by atoms with Crippen molar-refractivity contribution in [3.05, 3.63) is 0 Å². The third kappa shape index (κ3) is 4.44. The molecule has 0 amide bonds. The fraction of sp³-hybridized carbons (Fsp3) is 1.00. The highest BCUT2D eigenvalue weighted by molar-refractivity contribution is 4.83. The molecule has 19 heavy (non-hydrogen) atoms. The third-order valence-corrected chi connectivity index (χ3v) is 5.18. The predicted molar refractivity (Wildman–Crippen MR) is 82.5 cm³/mol. The molecule has 2 aliphatic rings. The second kappa shape index (κ2) is 7.61. The van der Waals surface area contributed by atoms with E-state index in [1.54, 1.807) is 0 Å². The van der Waals surface area contributed by atoms with E-state index in [-0.39, 0.29) is 0 Å². The molecule has 3 atom stereocenters. The maximum absolute atomic E-state index is 3.76. The molecule has 0 bridgehead atoms. The average Bonchev–Trinajstić information content (AvgIpc) is 2.75. The first kappa shape index (κ1) is 15.3. The number of hydrogen-bond acceptors (Lipinski definition) is 3. The largest absolute Gasteiger partial charge is 0.312 e. The molecule has 3 unspecified atom stereocenters. The zero-order chi connectivity index (χ0) is 13.7. The summed E-state index contributed by atoms with van der Waals surface area (Å²) in [6.45, 7) is 16.0. The molecule has 2 saturated heterocycles. The van der Waals surface area contributed by atoms with E-state index in [1.807, 2.05) is 0 Å². The standard InChI is InChI=1S/C16H33N3/c1-4-14(3)16-13-19(9-6-8-17-16)12-15-7-10-18(5-2)11-15/h14-17H,4-13H2,1-3H3. The Labute approximate surface area is 119 Å². The second-order valence-corrected chi connectivity index (χ2v) is 6.61. The Morgan fingerprint density at radius 2 is 2.00 bits per heavy atom. The molecule has 0 aromatic rings. The summed E-state index contributed by atoms with van der Waals surface area (Å²) in [7, 11) is 0. The normalized spacial score (nSPS) is 32.4. The molecule has 0 saturated carbocycles. The van der Waals surface area contributed by atoms with Gasteiger partial charge in [0.1, 0.15) is 0 Å². The number of rotatable bonds is 5. The summed E-state index contributed by atoms with van der Waals surface area (Å²) in [5, 5.41) is 3.76. The molecule has 112 valence electrons. The van der Waals surface area contributed by atoms with E-state index in [2.05, 4.69) is 35.9 Å². The zero-order valence-electron chi connectivity index (χ0n) is 13.2. The van der Waals surface area contributed by atoms with Crippen LogP contribution in [0.25, 0.3) is 0 Å². The summed E-state index contributed by atoms with van der Waals surface area (Å²) in [5.41, 5.74) is 0. The number of hydrogen-bond donors (Lipinski definition) is 1. The molecule has 1 N–H and O–H groups in total. The van der Waals surface area contributed by atoms with Crippen LogP contribution in [-0.2, 0) is 0 Å². The molecule has 0 aliphatic carbocycles. The molecule has 0 aromatic heterocycles. The van der Waals surface area contributed by atoms with Crippen molar-refractivity contribution in [2.75, 3.05) is 45.8 Å². The van der Waals surface area contributed by atoms with Crippen LogP contribution >= 0.6 is 0 Å². The highest BCUT2D eigenvalue weighted by Gasteiger charge is 2.26. The van der Waals surface area contributed by atoms with Crippen LogP contribution in [0.2, 0.25) is 0 Å². The van der Waals surface area contributed by atoms with E-state index >= 15 is 0 Å². The molecule has 2 fully saturated rings. The van der Waals surface area contributed by atoms with Gasteiger partial charge >= 0.3 is 0 Å². The van der Waals surface area contributed by atoms with Gasteiger partial charge in [0.05, 0.1) is 0 Å². The van der Waals surface area contributed by atoms with Crippen LogP contribution in [0.1, 0.15) is 40.0 Å². The quantitative estimate of drug-likeness (QED) is 0.822. The smallest absolute Gasteiger partial charge is 0.0220 e. The van der Waals surface area contributed by atoms with Crippen LogP contribution in [0.5, 0.6) is 0 Å². The highest BCUT2D eigenvalue weighted by atomic mass is 15.2. The Morgan fingerprint density at radius 1 is 1.16 bits per heavy atom. The zero-order valence-corrected chi connectivity index (χ0v) is 13.2. The van der Waals surface area contributed by atoms with Crippen LogP contribution in [0, 0.1) is 11.8 Å². The first-order valence-corrected chi connectivity index (χ1v) is 8.41. The van der Waals surface area contributed by atoms with E-state index in [0.29, 0.717) is 6.04 Å². The molecule has 0 aromatic carbocycles. The maximum Gasteiger partial charge on any atom is 0.0220 e. The predicted octanol–water partition coefficient (Wildman–Crippen LogP) is 2.04. The molecule has 3 nitrogen and oxygen atoms in total. The lowest BCUT2D eigenvalue weighted by Crippen LogP contribution is -2.43. The van der Waals surface area contributed by atoms with Gasteiger partial charge in [0, 0.05) is 25.7 Å². The van der Waals surface area contributed by atoms with Gasteiger partial charge in [-0.05, 0) is 50.9 Å². The van der Waals surface area contributed by atoms with E-state index in [9.17, 15) is 0 Å². The molecule has 2 heterocycles. The van der Waals surface area contributed by atoms with Crippen LogP contribution < -0.4 is 5.32 Å². The van der Waals surface area contributed by atoms with Crippen molar-refractivity contribution < 1.29 is 0 Å². The Balaban J connectivity index is 1.81. The highest BCUT2D eigenvalue weighted by Crippen LogP contribution is 2.19. The fourth-order valence-corrected chi connectivity index (χ4v) is 3.57. The van der Waals surface area contributed by atoms with Crippen LogP contribution in [0.3, 0.4) is 0 Å². The molecular formula is C16H33N3. The minimum atomic E-state index is 0.705. The summed E-state index contributed by atoms with van der Waals surface area (Å²) in [5.74, 6) is 1.71. The molecule has 0 spiro atoms. The van der Waals surface area contributed by atoms with E-state index in [1.165, 1.54) is 65.1 Å². The van der Waals surface area contributed by atoms with E-state index in [0.717, 1.165) is 11.8 Å². The van der Waals surface area contributed by atoms with Gasteiger partial charge in [-0.15, -0.1) is 0 Å². The summed E-state index contributed by atoms with van der Waals surface area (Å²) in [4.78, 5) is 5.34. The average molecular weight is 267 g/mol. The van der Waals surface area contributed by atoms with Gasteiger partial charge in [0.15, 0.2) is 0 Å². The molecule has 3 heteroatoms. The van der Waals surface area contributed by atoms with Gasteiger partial charge in [0.2, 0.25) is 0 Å². The number of nitrogens with one attached hydrogen (secondary N) is 1. The monoisotopic (exact) mass is 267 g/mol. The van der Waals surface area contributed by atoms with Gasteiger partial charge in [-0.3, -0.25) is 0 Å². The molecule has 2 aliphatic heterocycles. The fourth-order valence-electron chi connectivity index (χ4n) is 3.57. The number of nitrogens with zero attached hydrogens (tertiary/aromatic N) is 2. The van der Waals surface area contributed by atoms with Gasteiger partial charge < -0.3 is 15.1 Å². The summed E-state index contributed by atoms with van der Waals surface area (Å²) in [6.07, 6.45) is 4.02. The van der Waals surface area contributed by atoms with Crippen molar-refractivity contribution in [1.29, 1.82) is 0 Å². The van der Waals surface area contributed by atoms with Crippen LogP contribution in [-0.4, -0.2) is 61.7 Å². The lowest BCUT2D eigenvalue weighted by molar-refractivity contribution is 0.205. The van der Waals surface area contributed by atoms with Gasteiger partial charge in [-0.2, -0.15) is 0 Å².